The van der Waals surface area contributed by atoms with E-state index >= 15 is 0 Å². The molecule has 32 heavy (non-hydrogen) atoms. The lowest BCUT2D eigenvalue weighted by molar-refractivity contribution is -0.115. The van der Waals surface area contributed by atoms with Gasteiger partial charge in [-0.1, -0.05) is 0 Å². The minimum atomic E-state index is -4.33. The number of hydrogen-bond donors (Lipinski definition) is 0. The van der Waals surface area contributed by atoms with Crippen LogP contribution in [0.15, 0.2) is 24.4 Å². The molecule has 0 aliphatic heterocycles. The number of aromatic nitrogens is 3. The maximum atomic E-state index is 14.8. The summed E-state index contributed by atoms with van der Waals surface area (Å²) in [4.78, 5) is 14.1. The summed E-state index contributed by atoms with van der Waals surface area (Å²) in [7, 11) is -1.42. The number of methoxy groups -OCH3 is 1. The van der Waals surface area contributed by atoms with Crippen molar-refractivity contribution >= 4 is 38.0 Å². The number of amides is 1. The molecule has 0 aliphatic carbocycles. The highest BCUT2D eigenvalue weighted by Gasteiger charge is 2.48. The minimum Gasteiger partial charge on any atom is -0.377 e. The van der Waals surface area contributed by atoms with Crippen LogP contribution in [0.25, 0.3) is 21.5 Å². The summed E-state index contributed by atoms with van der Waals surface area (Å²) in [6.07, 6.45) is 1.66. The van der Waals surface area contributed by atoms with Crippen molar-refractivity contribution in [1.29, 1.82) is 0 Å². The lowest BCUT2D eigenvalue weighted by Gasteiger charge is -2.30. The second kappa shape index (κ2) is 9.22. The topological polar surface area (TPSA) is 104 Å². The smallest absolute Gasteiger partial charge is 0.273 e. The molecule has 12 heteroatoms. The van der Waals surface area contributed by atoms with Crippen LogP contribution < -0.4 is 0 Å². The van der Waals surface area contributed by atoms with Gasteiger partial charge in [0.1, 0.15) is 10.8 Å². The first-order valence-electron chi connectivity index (χ1n) is 9.77. The molecule has 0 saturated heterocycles. The van der Waals surface area contributed by atoms with E-state index < -0.39 is 20.8 Å². The number of aryl methyl sites for hydroxylation is 1. The molecule has 0 aliphatic rings. The van der Waals surface area contributed by atoms with Crippen molar-refractivity contribution in [3.63, 3.8) is 0 Å². The highest BCUT2D eigenvalue weighted by atomic mass is 32.2. The largest absolute Gasteiger partial charge is 0.377 e. The quantitative estimate of drug-likeness (QED) is 0.408. The average Bonchev–Trinajstić information content (AvgIpc) is 3.35. The van der Waals surface area contributed by atoms with Crippen molar-refractivity contribution in [2.24, 2.45) is 7.05 Å². The Morgan fingerprint density at radius 3 is 2.66 bits per heavy atom. The van der Waals surface area contributed by atoms with Crippen molar-refractivity contribution in [2.45, 2.75) is 31.8 Å². The van der Waals surface area contributed by atoms with Crippen LogP contribution in [0.5, 0.6) is 0 Å². The number of sulfonamides is 1. The van der Waals surface area contributed by atoms with E-state index in [-0.39, 0.29) is 36.2 Å². The highest BCUT2D eigenvalue weighted by molar-refractivity contribution is 7.90. The minimum absolute atomic E-state index is 0.0363. The molecule has 0 N–H and O–H groups in total. The van der Waals surface area contributed by atoms with Gasteiger partial charge in [0.05, 0.1) is 35.2 Å². The normalized spacial score (nSPS) is 14.1. The van der Waals surface area contributed by atoms with E-state index in [4.69, 9.17) is 9.47 Å². The summed E-state index contributed by atoms with van der Waals surface area (Å²) in [6.45, 7) is 4.79. The van der Waals surface area contributed by atoms with Gasteiger partial charge in [0.25, 0.3) is 10.0 Å². The summed E-state index contributed by atoms with van der Waals surface area (Å²) < 4.78 is 54.8. The Kier molecular flexibility index (Phi) is 6.98. The molecule has 1 amide bonds. The summed E-state index contributed by atoms with van der Waals surface area (Å²) >= 11 is 0.985. The molecule has 0 fully saturated rings. The predicted molar refractivity (Wildman–Crippen MR) is 119 cm³/mol. The zero-order valence-electron chi connectivity index (χ0n) is 18.4. The molecule has 2 aromatic heterocycles. The third-order valence-electron chi connectivity index (χ3n) is 5.03. The monoisotopic (exact) mass is 484 g/mol. The molecule has 1 aromatic carbocycles. The number of fused-ring (bicyclic) bond motifs is 1. The fourth-order valence-corrected chi connectivity index (χ4v) is 5.90. The first-order valence-corrected chi connectivity index (χ1v) is 12.0. The fraction of sp³-hybridized carbons (Fsp3) is 0.450. The van der Waals surface area contributed by atoms with Gasteiger partial charge >= 0.3 is 0 Å². The standard InChI is InChI=1S/C20H25FN4O5S2/c1-13(2)30-9-8-25(12-26)32(27,28)20(3,29-5)19-23-16-10-14(15(21)11-18(16)31-19)17-6-7-22-24(17)4/h6-7,10-13H,8-9H2,1-5H3. The van der Waals surface area contributed by atoms with E-state index in [2.05, 4.69) is 10.1 Å². The van der Waals surface area contributed by atoms with E-state index in [0.717, 1.165) is 11.3 Å². The van der Waals surface area contributed by atoms with Crippen LogP contribution in [0.4, 0.5) is 4.39 Å². The van der Waals surface area contributed by atoms with Gasteiger partial charge in [-0.2, -0.15) is 5.10 Å². The molecule has 0 saturated carbocycles. The maximum absolute atomic E-state index is 14.8. The summed E-state index contributed by atoms with van der Waals surface area (Å²) in [5.41, 5.74) is 1.25. The van der Waals surface area contributed by atoms with Gasteiger partial charge in [-0.05, 0) is 39.0 Å². The number of benzene rings is 1. The van der Waals surface area contributed by atoms with Gasteiger partial charge < -0.3 is 9.47 Å². The van der Waals surface area contributed by atoms with Gasteiger partial charge in [0, 0.05) is 25.9 Å². The van der Waals surface area contributed by atoms with Crippen LogP contribution in [0.3, 0.4) is 0 Å². The number of rotatable bonds is 10. The van der Waals surface area contributed by atoms with Crippen molar-refractivity contribution in [2.75, 3.05) is 20.3 Å². The number of halogens is 1. The van der Waals surface area contributed by atoms with Crippen LogP contribution in [0, 0.1) is 5.82 Å². The Bertz CT molecular complexity index is 1220. The molecule has 0 radical (unpaired) electrons. The molecule has 1 atom stereocenters. The van der Waals surface area contributed by atoms with Gasteiger partial charge in [-0.3, -0.25) is 9.48 Å². The molecule has 0 bridgehead atoms. The van der Waals surface area contributed by atoms with Gasteiger partial charge in [0.2, 0.25) is 11.3 Å². The number of carbonyl (C=O) groups excluding carboxylic acids is 1. The third kappa shape index (κ3) is 4.27. The number of hydrogen-bond acceptors (Lipinski definition) is 8. The first-order chi connectivity index (χ1) is 15.0. The van der Waals surface area contributed by atoms with Crippen LogP contribution in [-0.4, -0.2) is 60.3 Å². The Balaban J connectivity index is 2.04. The lowest BCUT2D eigenvalue weighted by atomic mass is 10.1. The van der Waals surface area contributed by atoms with Crippen molar-refractivity contribution < 1.29 is 27.1 Å². The van der Waals surface area contributed by atoms with E-state index in [9.17, 15) is 17.6 Å². The van der Waals surface area contributed by atoms with E-state index in [1.165, 1.54) is 24.8 Å². The number of nitrogens with zero attached hydrogens (tertiary/aromatic N) is 4. The highest BCUT2D eigenvalue weighted by Crippen LogP contribution is 2.39. The Labute approximate surface area is 189 Å². The van der Waals surface area contributed by atoms with Gasteiger partial charge in [-0.15, -0.1) is 11.3 Å². The fourth-order valence-electron chi connectivity index (χ4n) is 3.11. The Morgan fingerprint density at radius 2 is 2.09 bits per heavy atom. The van der Waals surface area contributed by atoms with Gasteiger partial charge in [-0.25, -0.2) is 22.1 Å². The van der Waals surface area contributed by atoms with Crippen molar-refractivity contribution in [3.05, 3.63) is 35.2 Å². The van der Waals surface area contributed by atoms with Crippen molar-refractivity contribution in [3.8, 4) is 11.3 Å². The average molecular weight is 485 g/mol. The molecular weight excluding hydrogens is 459 g/mol. The van der Waals surface area contributed by atoms with E-state index in [1.807, 2.05) is 0 Å². The molecule has 9 nitrogen and oxygen atoms in total. The van der Waals surface area contributed by atoms with Gasteiger partial charge in [0.15, 0.2) is 0 Å². The second-order valence-electron chi connectivity index (χ2n) is 7.45. The lowest BCUT2D eigenvalue weighted by Crippen LogP contribution is -2.46. The molecule has 3 rings (SSSR count). The molecule has 0 spiro atoms. The molecule has 2 heterocycles. The molecule has 1 unspecified atom stereocenters. The van der Waals surface area contributed by atoms with E-state index in [0.29, 0.717) is 20.2 Å². The van der Waals surface area contributed by atoms with Crippen LogP contribution in [0.1, 0.15) is 25.8 Å². The van der Waals surface area contributed by atoms with Crippen molar-refractivity contribution in [1.82, 2.24) is 19.1 Å². The van der Waals surface area contributed by atoms with Crippen LogP contribution >= 0.6 is 11.3 Å². The van der Waals surface area contributed by atoms with Crippen LogP contribution in [-0.2, 0) is 36.3 Å². The number of ether oxygens (including phenoxy) is 2. The second-order valence-corrected chi connectivity index (χ2v) is 10.7. The predicted octanol–water partition coefficient (Wildman–Crippen LogP) is 2.87. The van der Waals surface area contributed by atoms with E-state index in [1.54, 1.807) is 39.2 Å². The first kappa shape index (κ1) is 24.2. The zero-order chi connectivity index (χ0) is 23.7. The Morgan fingerprint density at radius 1 is 1.38 bits per heavy atom. The summed E-state index contributed by atoms with van der Waals surface area (Å²) in [5, 5.41) is 4.13. The number of thiazole rings is 1. The molecule has 3 aromatic rings. The summed E-state index contributed by atoms with van der Waals surface area (Å²) in [6, 6.07) is 4.51. The summed E-state index contributed by atoms with van der Waals surface area (Å²) in [5.74, 6) is -0.487. The van der Waals surface area contributed by atoms with Crippen LogP contribution in [0.2, 0.25) is 0 Å². The SMILES string of the molecule is COC(C)(c1nc2cc(-c3ccnn3C)c(F)cc2s1)S(=O)(=O)N(C=O)CCOC(C)C. The zero-order valence-corrected chi connectivity index (χ0v) is 20.0. The molecular formula is C20H25FN4O5S2. The molecule has 174 valence electrons. The third-order valence-corrected chi connectivity index (χ3v) is 8.61. The number of carbonyl (C=O) groups is 1. The maximum Gasteiger partial charge on any atom is 0.273 e. The Hall–Kier alpha value is -2.41.